The molecular weight excluding hydrogens is 212 g/mol. The summed E-state index contributed by atoms with van der Waals surface area (Å²) in [5.74, 6) is 0.857. The van der Waals surface area contributed by atoms with Gasteiger partial charge < -0.3 is 5.73 Å². The molecule has 0 fully saturated rings. The first kappa shape index (κ1) is 11.8. The molecule has 2 N–H and O–H groups in total. The molecule has 0 bridgehead atoms. The summed E-state index contributed by atoms with van der Waals surface area (Å²) < 4.78 is 1.87. The lowest BCUT2D eigenvalue weighted by Crippen LogP contribution is -2.12. The zero-order chi connectivity index (χ0) is 12.6. The summed E-state index contributed by atoms with van der Waals surface area (Å²) in [6.45, 7) is 8.54. The lowest BCUT2D eigenvalue weighted by atomic mass is 10.1. The number of nitrogens with zero attached hydrogens (tertiary/aromatic N) is 3. The topological polar surface area (TPSA) is 56.7 Å². The van der Waals surface area contributed by atoms with Gasteiger partial charge in [-0.25, -0.2) is 9.67 Å². The van der Waals surface area contributed by atoms with Gasteiger partial charge in [0.1, 0.15) is 0 Å². The predicted octanol–water partition coefficient (Wildman–Crippen LogP) is 1.96. The normalized spacial score (nSPS) is 10.9. The minimum Gasteiger partial charge on any atom is -0.326 e. The van der Waals surface area contributed by atoms with Crippen LogP contribution in [-0.2, 0) is 6.54 Å². The van der Waals surface area contributed by atoms with E-state index in [9.17, 15) is 0 Å². The average Bonchev–Trinajstić information content (AvgIpc) is 2.56. The molecule has 4 nitrogen and oxygen atoms in total. The highest BCUT2D eigenvalue weighted by Gasteiger charge is 2.12. The van der Waals surface area contributed by atoms with Crippen molar-refractivity contribution >= 4 is 0 Å². The Hall–Kier alpha value is -1.68. The molecule has 0 saturated heterocycles. The Morgan fingerprint density at radius 2 is 1.82 bits per heavy atom. The first-order valence-electron chi connectivity index (χ1n) is 5.73. The van der Waals surface area contributed by atoms with Crippen molar-refractivity contribution in [3.05, 3.63) is 40.3 Å². The van der Waals surface area contributed by atoms with Crippen LogP contribution >= 0.6 is 0 Å². The molecular formula is C13H18N4. The van der Waals surface area contributed by atoms with Gasteiger partial charge in [-0.2, -0.15) is 5.10 Å². The fourth-order valence-corrected chi connectivity index (χ4v) is 2.11. The second kappa shape index (κ2) is 4.30. The van der Waals surface area contributed by atoms with Crippen LogP contribution in [0.15, 0.2) is 12.1 Å². The molecule has 2 aromatic heterocycles. The molecule has 0 amide bonds. The number of pyridine rings is 1. The fourth-order valence-electron chi connectivity index (χ4n) is 2.11. The van der Waals surface area contributed by atoms with Crippen molar-refractivity contribution < 1.29 is 0 Å². The summed E-state index contributed by atoms with van der Waals surface area (Å²) in [5.41, 5.74) is 11.1. The van der Waals surface area contributed by atoms with Crippen molar-refractivity contribution in [2.45, 2.75) is 34.2 Å². The molecule has 0 saturated carbocycles. The van der Waals surface area contributed by atoms with Crippen LogP contribution in [0.5, 0.6) is 0 Å². The third kappa shape index (κ3) is 2.08. The lowest BCUT2D eigenvalue weighted by Gasteiger charge is -2.12. The van der Waals surface area contributed by atoms with Gasteiger partial charge in [-0.3, -0.25) is 0 Å². The third-order valence-electron chi connectivity index (χ3n) is 2.87. The molecule has 0 atom stereocenters. The Balaban J connectivity index is 2.69. The first-order valence-corrected chi connectivity index (χ1v) is 5.73. The monoisotopic (exact) mass is 230 g/mol. The van der Waals surface area contributed by atoms with E-state index < -0.39 is 0 Å². The van der Waals surface area contributed by atoms with Gasteiger partial charge in [-0.1, -0.05) is 0 Å². The smallest absolute Gasteiger partial charge is 0.158 e. The van der Waals surface area contributed by atoms with Gasteiger partial charge >= 0.3 is 0 Å². The number of hydrogen-bond donors (Lipinski definition) is 1. The molecule has 0 aliphatic heterocycles. The van der Waals surface area contributed by atoms with Crippen molar-refractivity contribution in [3.63, 3.8) is 0 Å². The fraction of sp³-hybridized carbons (Fsp3) is 0.385. The molecule has 17 heavy (non-hydrogen) atoms. The van der Waals surface area contributed by atoms with E-state index in [0.29, 0.717) is 6.54 Å². The summed E-state index contributed by atoms with van der Waals surface area (Å²) in [6.07, 6.45) is 0. The van der Waals surface area contributed by atoms with Gasteiger partial charge in [0.15, 0.2) is 5.82 Å². The number of aryl methyl sites for hydroxylation is 4. The molecule has 0 radical (unpaired) electrons. The minimum atomic E-state index is 0.479. The number of rotatable bonds is 2. The molecule has 0 spiro atoms. The maximum atomic E-state index is 5.81. The largest absolute Gasteiger partial charge is 0.326 e. The van der Waals surface area contributed by atoms with Crippen LogP contribution in [0.3, 0.4) is 0 Å². The number of hydrogen-bond acceptors (Lipinski definition) is 3. The zero-order valence-corrected chi connectivity index (χ0v) is 10.8. The Kier molecular flexibility index (Phi) is 2.98. The second-order valence-electron chi connectivity index (χ2n) is 4.43. The van der Waals surface area contributed by atoms with Crippen LogP contribution in [0.25, 0.3) is 5.82 Å². The second-order valence-corrected chi connectivity index (χ2v) is 4.43. The van der Waals surface area contributed by atoms with E-state index in [1.54, 1.807) is 0 Å². The molecule has 2 heterocycles. The van der Waals surface area contributed by atoms with Crippen LogP contribution < -0.4 is 5.73 Å². The molecule has 2 rings (SSSR count). The maximum Gasteiger partial charge on any atom is 0.158 e. The molecule has 0 unspecified atom stereocenters. The Morgan fingerprint density at radius 1 is 1.12 bits per heavy atom. The van der Waals surface area contributed by atoms with Crippen LogP contribution in [-0.4, -0.2) is 14.8 Å². The molecule has 0 aliphatic carbocycles. The van der Waals surface area contributed by atoms with Gasteiger partial charge in [-0.05, 0) is 45.4 Å². The molecule has 90 valence electrons. The Labute approximate surface area is 101 Å². The van der Waals surface area contributed by atoms with E-state index in [4.69, 9.17) is 5.73 Å². The van der Waals surface area contributed by atoms with Crippen LogP contribution in [0.1, 0.15) is 28.2 Å². The van der Waals surface area contributed by atoms with Crippen molar-refractivity contribution in [3.8, 4) is 5.82 Å². The van der Waals surface area contributed by atoms with Gasteiger partial charge in [0, 0.05) is 23.5 Å². The Bertz CT molecular complexity index is 555. The van der Waals surface area contributed by atoms with Crippen molar-refractivity contribution in [2.24, 2.45) is 5.73 Å². The van der Waals surface area contributed by atoms with E-state index in [0.717, 1.165) is 28.5 Å². The quantitative estimate of drug-likeness (QED) is 0.858. The van der Waals surface area contributed by atoms with E-state index >= 15 is 0 Å². The lowest BCUT2D eigenvalue weighted by molar-refractivity contribution is 0.780. The van der Waals surface area contributed by atoms with Crippen molar-refractivity contribution in [2.75, 3.05) is 0 Å². The molecule has 2 aromatic rings. The number of aromatic nitrogens is 3. The van der Waals surface area contributed by atoms with Crippen LogP contribution in [0.2, 0.25) is 0 Å². The third-order valence-corrected chi connectivity index (χ3v) is 2.87. The SMILES string of the molecule is Cc1cc(C)c(CN)c(-n2nc(C)cc2C)n1. The maximum absolute atomic E-state index is 5.81. The summed E-state index contributed by atoms with van der Waals surface area (Å²) in [7, 11) is 0. The highest BCUT2D eigenvalue weighted by Crippen LogP contribution is 2.19. The highest BCUT2D eigenvalue weighted by atomic mass is 15.3. The van der Waals surface area contributed by atoms with Gasteiger partial charge in [0.25, 0.3) is 0 Å². The van der Waals surface area contributed by atoms with Gasteiger partial charge in [-0.15, -0.1) is 0 Å². The van der Waals surface area contributed by atoms with Crippen LogP contribution in [0.4, 0.5) is 0 Å². The summed E-state index contributed by atoms with van der Waals surface area (Å²) in [5, 5.41) is 4.47. The first-order chi connectivity index (χ1) is 8.02. The summed E-state index contributed by atoms with van der Waals surface area (Å²) in [6, 6.07) is 4.09. The van der Waals surface area contributed by atoms with E-state index in [1.165, 1.54) is 5.56 Å². The summed E-state index contributed by atoms with van der Waals surface area (Å²) in [4.78, 5) is 4.57. The highest BCUT2D eigenvalue weighted by molar-refractivity contribution is 5.41. The molecule has 0 aromatic carbocycles. The van der Waals surface area contributed by atoms with Crippen molar-refractivity contribution in [1.82, 2.24) is 14.8 Å². The van der Waals surface area contributed by atoms with Gasteiger partial charge in [0.05, 0.1) is 5.69 Å². The number of nitrogens with two attached hydrogens (primary N) is 1. The standard InChI is InChI=1S/C13H18N4/c1-8-5-9(2)15-13(12(8)7-14)17-11(4)6-10(3)16-17/h5-6H,7,14H2,1-4H3. The average molecular weight is 230 g/mol. The van der Waals surface area contributed by atoms with Crippen LogP contribution in [0, 0.1) is 27.7 Å². The zero-order valence-electron chi connectivity index (χ0n) is 10.8. The van der Waals surface area contributed by atoms with E-state index in [1.807, 2.05) is 31.5 Å². The Morgan fingerprint density at radius 3 is 2.35 bits per heavy atom. The minimum absolute atomic E-state index is 0.479. The summed E-state index contributed by atoms with van der Waals surface area (Å²) >= 11 is 0. The van der Waals surface area contributed by atoms with E-state index in [2.05, 4.69) is 23.1 Å². The van der Waals surface area contributed by atoms with Gasteiger partial charge in [0.2, 0.25) is 0 Å². The van der Waals surface area contributed by atoms with E-state index in [-0.39, 0.29) is 0 Å². The molecule has 4 heteroatoms. The molecule has 0 aliphatic rings. The predicted molar refractivity (Wildman–Crippen MR) is 68.2 cm³/mol. The van der Waals surface area contributed by atoms with Crippen molar-refractivity contribution in [1.29, 1.82) is 0 Å².